The molecule has 1 fully saturated rings. The smallest absolute Gasteiger partial charge is 0.387 e. The quantitative estimate of drug-likeness (QED) is 0.111. The maximum atomic E-state index is 11.9. The van der Waals surface area contributed by atoms with Gasteiger partial charge in [-0.05, 0) is 13.0 Å². The van der Waals surface area contributed by atoms with E-state index in [0.717, 1.165) is 0 Å². The Morgan fingerprint density at radius 1 is 0.714 bits per heavy atom. The SMILES string of the molecule is NCCCOP(=O)(O)O[C@H]1[C@@H](O)[C@@H](OP(=O)(O)O)[C@H](OP(=O)(O)O)[C@@H](O)[C@@H]1O. The monoisotopic (exact) mass is 477 g/mol. The van der Waals surface area contributed by atoms with Gasteiger partial charge in [-0.25, -0.2) is 13.7 Å². The van der Waals surface area contributed by atoms with Crippen LogP contribution in [0.25, 0.3) is 0 Å². The zero-order chi connectivity index (χ0) is 21.9. The van der Waals surface area contributed by atoms with Crippen molar-refractivity contribution >= 4 is 23.5 Å². The molecular formula is C9H22NO15P3. The lowest BCUT2D eigenvalue weighted by Gasteiger charge is -2.44. The van der Waals surface area contributed by atoms with E-state index in [0.29, 0.717) is 0 Å². The molecule has 1 unspecified atom stereocenters. The predicted molar refractivity (Wildman–Crippen MR) is 86.2 cm³/mol. The standard InChI is InChI=1S/C9H22NO15P3/c10-2-1-3-22-28(20,21)25-7-4(11)5(12)8(23-26(14,15)16)9(6(7)13)24-27(17,18)19/h4-9,11-13H,1-3,10H2,(H,20,21)(H2,14,15,16)(H2,17,18,19)/t4-,5-,6+,7+,8+,9+/m0/s1. The van der Waals surface area contributed by atoms with Crippen molar-refractivity contribution in [2.45, 2.75) is 43.0 Å². The van der Waals surface area contributed by atoms with E-state index in [1.165, 1.54) is 0 Å². The molecule has 19 heteroatoms. The van der Waals surface area contributed by atoms with E-state index in [4.69, 9.17) is 25.3 Å². The number of aliphatic hydroxyl groups excluding tert-OH is 3. The van der Waals surface area contributed by atoms with Crippen molar-refractivity contribution in [3.8, 4) is 0 Å². The Balaban J connectivity index is 3.13. The van der Waals surface area contributed by atoms with Crippen LogP contribution in [0.4, 0.5) is 0 Å². The fourth-order valence-corrected chi connectivity index (χ4v) is 4.40. The van der Waals surface area contributed by atoms with Gasteiger partial charge < -0.3 is 45.5 Å². The van der Waals surface area contributed by atoms with E-state index in [-0.39, 0.29) is 19.6 Å². The van der Waals surface area contributed by atoms with Crippen LogP contribution in [0.3, 0.4) is 0 Å². The summed E-state index contributed by atoms with van der Waals surface area (Å²) in [6.07, 6.45) is -13.9. The average molecular weight is 477 g/mol. The molecule has 0 saturated heterocycles. The lowest BCUT2D eigenvalue weighted by molar-refractivity contribution is -0.212. The molecule has 0 aromatic carbocycles. The minimum absolute atomic E-state index is 0.0903. The van der Waals surface area contributed by atoms with Crippen LogP contribution in [-0.4, -0.2) is 89.6 Å². The third-order valence-corrected chi connectivity index (χ3v) is 5.45. The van der Waals surface area contributed by atoms with Gasteiger partial charge in [0, 0.05) is 0 Å². The van der Waals surface area contributed by atoms with E-state index in [2.05, 4.69) is 18.1 Å². The summed E-state index contributed by atoms with van der Waals surface area (Å²) in [5.41, 5.74) is 5.17. The molecule has 0 amide bonds. The summed E-state index contributed by atoms with van der Waals surface area (Å²) in [5, 5.41) is 30.2. The zero-order valence-electron chi connectivity index (χ0n) is 13.9. The Morgan fingerprint density at radius 3 is 1.57 bits per heavy atom. The molecule has 0 aromatic rings. The minimum atomic E-state index is -5.44. The van der Waals surface area contributed by atoms with Crippen LogP contribution in [0, 0.1) is 0 Å². The van der Waals surface area contributed by atoms with Crippen LogP contribution in [0.5, 0.6) is 0 Å². The molecule has 10 N–H and O–H groups in total. The normalized spacial score (nSPS) is 34.2. The molecule has 0 bridgehead atoms. The summed E-state index contributed by atoms with van der Waals surface area (Å²) in [6, 6.07) is 0. The number of hydrogen-bond donors (Lipinski definition) is 9. The molecule has 168 valence electrons. The average Bonchev–Trinajstić information content (AvgIpc) is 2.51. The van der Waals surface area contributed by atoms with Crippen LogP contribution in [-0.2, 0) is 31.8 Å². The second-order valence-corrected chi connectivity index (χ2v) is 9.40. The molecule has 1 saturated carbocycles. The number of aliphatic hydroxyl groups is 3. The molecule has 0 spiro atoms. The van der Waals surface area contributed by atoms with Crippen molar-refractivity contribution in [2.75, 3.05) is 13.2 Å². The van der Waals surface area contributed by atoms with E-state index >= 15 is 0 Å². The lowest BCUT2D eigenvalue weighted by Crippen LogP contribution is -2.65. The second kappa shape index (κ2) is 9.98. The number of hydrogen-bond acceptors (Lipinski definition) is 11. The van der Waals surface area contributed by atoms with Gasteiger partial charge in [0.25, 0.3) is 0 Å². The lowest BCUT2D eigenvalue weighted by atomic mass is 9.85. The Morgan fingerprint density at radius 2 is 1.14 bits per heavy atom. The molecule has 7 atom stereocenters. The molecule has 16 nitrogen and oxygen atoms in total. The van der Waals surface area contributed by atoms with Gasteiger partial charge in [-0.3, -0.25) is 18.1 Å². The van der Waals surface area contributed by atoms with Gasteiger partial charge in [0.15, 0.2) is 0 Å². The van der Waals surface area contributed by atoms with Gasteiger partial charge >= 0.3 is 23.5 Å². The van der Waals surface area contributed by atoms with Crippen LogP contribution in [0.1, 0.15) is 6.42 Å². The molecule has 0 heterocycles. The van der Waals surface area contributed by atoms with Crippen LogP contribution >= 0.6 is 23.5 Å². The van der Waals surface area contributed by atoms with E-state index in [1.54, 1.807) is 0 Å². The molecule has 1 aliphatic carbocycles. The first-order chi connectivity index (χ1) is 12.6. The Hall–Kier alpha value is 0.170. The van der Waals surface area contributed by atoms with Gasteiger partial charge in [-0.1, -0.05) is 0 Å². The highest BCUT2D eigenvalue weighted by Crippen LogP contribution is 2.50. The first kappa shape index (κ1) is 26.2. The molecule has 0 aliphatic heterocycles. The predicted octanol–water partition coefficient (Wildman–Crippen LogP) is -3.11. The number of phosphoric ester groups is 3. The summed E-state index contributed by atoms with van der Waals surface area (Å²) in [6.45, 7) is -0.273. The first-order valence-corrected chi connectivity index (χ1v) is 12.0. The molecule has 0 radical (unpaired) electrons. The van der Waals surface area contributed by atoms with Gasteiger partial charge in [-0.2, -0.15) is 0 Å². The highest BCUT2D eigenvalue weighted by atomic mass is 31.2. The van der Waals surface area contributed by atoms with Crippen LogP contribution in [0.2, 0.25) is 0 Å². The third-order valence-electron chi connectivity index (χ3n) is 3.40. The summed E-state index contributed by atoms with van der Waals surface area (Å²) in [5.74, 6) is 0. The number of rotatable bonds is 10. The zero-order valence-corrected chi connectivity index (χ0v) is 16.6. The van der Waals surface area contributed by atoms with Gasteiger partial charge in [0.2, 0.25) is 0 Å². The second-order valence-electron chi connectivity index (χ2n) is 5.61. The van der Waals surface area contributed by atoms with Gasteiger partial charge in [0.1, 0.15) is 36.6 Å². The van der Waals surface area contributed by atoms with E-state index in [1.807, 2.05) is 0 Å². The summed E-state index contributed by atoms with van der Waals surface area (Å²) in [4.78, 5) is 45.2. The van der Waals surface area contributed by atoms with Crippen LogP contribution < -0.4 is 5.73 Å². The maximum absolute atomic E-state index is 11.9. The third kappa shape index (κ3) is 8.13. The number of nitrogens with two attached hydrogens (primary N) is 1. The molecular weight excluding hydrogens is 455 g/mol. The Bertz CT molecular complexity index is 649. The van der Waals surface area contributed by atoms with Gasteiger partial charge in [0.05, 0.1) is 6.61 Å². The van der Waals surface area contributed by atoms with E-state index in [9.17, 15) is 33.9 Å². The minimum Gasteiger partial charge on any atom is -0.387 e. The van der Waals surface area contributed by atoms with Gasteiger partial charge in [-0.15, -0.1) is 0 Å². The first-order valence-electron chi connectivity index (χ1n) is 7.46. The van der Waals surface area contributed by atoms with E-state index < -0.39 is 60.1 Å². The van der Waals surface area contributed by atoms with Crippen molar-refractivity contribution in [3.63, 3.8) is 0 Å². The Labute approximate surface area is 157 Å². The van der Waals surface area contributed by atoms with Crippen molar-refractivity contribution in [1.29, 1.82) is 0 Å². The fourth-order valence-electron chi connectivity index (χ4n) is 2.30. The Kier molecular flexibility index (Phi) is 9.34. The molecule has 1 aliphatic rings. The van der Waals surface area contributed by atoms with Crippen molar-refractivity contribution in [3.05, 3.63) is 0 Å². The topological polar surface area (TPSA) is 276 Å². The van der Waals surface area contributed by atoms with Crippen LogP contribution in [0.15, 0.2) is 0 Å². The highest BCUT2D eigenvalue weighted by molar-refractivity contribution is 7.47. The largest absolute Gasteiger partial charge is 0.472 e. The van der Waals surface area contributed by atoms with Crippen molar-refractivity contribution in [2.24, 2.45) is 5.73 Å². The van der Waals surface area contributed by atoms with Crippen molar-refractivity contribution in [1.82, 2.24) is 0 Å². The highest BCUT2D eigenvalue weighted by Gasteiger charge is 2.56. The molecule has 0 aromatic heterocycles. The molecule has 28 heavy (non-hydrogen) atoms. The maximum Gasteiger partial charge on any atom is 0.472 e. The summed E-state index contributed by atoms with van der Waals surface area (Å²) in [7, 11) is -15.8. The summed E-state index contributed by atoms with van der Waals surface area (Å²) >= 11 is 0. The van der Waals surface area contributed by atoms with Crippen molar-refractivity contribution < 1.29 is 71.6 Å². The molecule has 1 rings (SSSR count). The number of phosphoric acid groups is 3. The summed E-state index contributed by atoms with van der Waals surface area (Å²) < 4.78 is 51.4. The fraction of sp³-hybridized carbons (Fsp3) is 1.00.